The van der Waals surface area contributed by atoms with Gasteiger partial charge in [-0.1, -0.05) is 25.4 Å². The van der Waals surface area contributed by atoms with E-state index in [4.69, 9.17) is 21.1 Å². The van der Waals surface area contributed by atoms with E-state index in [9.17, 15) is 4.79 Å². The van der Waals surface area contributed by atoms with Crippen LogP contribution in [-0.4, -0.2) is 31.8 Å². The molecule has 22 heavy (non-hydrogen) atoms. The summed E-state index contributed by atoms with van der Waals surface area (Å²) in [6.07, 6.45) is 2.39. The van der Waals surface area contributed by atoms with Gasteiger partial charge in [0.2, 0.25) is 0 Å². The van der Waals surface area contributed by atoms with E-state index in [0.717, 1.165) is 19.4 Å². The normalized spacial score (nSPS) is 21.6. The van der Waals surface area contributed by atoms with Crippen molar-refractivity contribution in [3.8, 4) is 5.75 Å². The van der Waals surface area contributed by atoms with Crippen LogP contribution in [0.15, 0.2) is 24.3 Å². The summed E-state index contributed by atoms with van der Waals surface area (Å²) in [5.41, 5.74) is 0. The number of carbonyl (C=O) groups is 1. The van der Waals surface area contributed by atoms with E-state index in [-0.39, 0.29) is 18.6 Å². The van der Waals surface area contributed by atoms with Crippen LogP contribution in [0.25, 0.3) is 0 Å². The average Bonchev–Trinajstić information content (AvgIpc) is 2.52. The quantitative estimate of drug-likeness (QED) is 0.873. The van der Waals surface area contributed by atoms with Gasteiger partial charge in [-0.25, -0.2) is 0 Å². The zero-order chi connectivity index (χ0) is 15.9. The number of nitrogens with one attached hydrogen (secondary N) is 1. The van der Waals surface area contributed by atoms with E-state index >= 15 is 0 Å². The molecule has 1 heterocycles. The largest absolute Gasteiger partial charge is 0.484 e. The third-order valence-corrected chi connectivity index (χ3v) is 4.15. The van der Waals surface area contributed by atoms with Crippen LogP contribution in [0.3, 0.4) is 0 Å². The molecule has 4 nitrogen and oxygen atoms in total. The highest BCUT2D eigenvalue weighted by atomic mass is 35.5. The number of rotatable bonds is 6. The maximum absolute atomic E-state index is 11.9. The molecule has 0 aromatic heterocycles. The smallest absolute Gasteiger partial charge is 0.257 e. The SMILES string of the molecule is CC(C)[C@H]1OCCC[C@H]1CNC(=O)COc1ccc(Cl)cc1. The van der Waals surface area contributed by atoms with E-state index in [1.165, 1.54) is 0 Å². The molecule has 1 N–H and O–H groups in total. The predicted molar refractivity (Wildman–Crippen MR) is 87.3 cm³/mol. The van der Waals surface area contributed by atoms with Crippen molar-refractivity contribution in [3.05, 3.63) is 29.3 Å². The van der Waals surface area contributed by atoms with Crippen molar-refractivity contribution in [3.63, 3.8) is 0 Å². The summed E-state index contributed by atoms with van der Waals surface area (Å²) in [4.78, 5) is 11.9. The van der Waals surface area contributed by atoms with Gasteiger partial charge < -0.3 is 14.8 Å². The lowest BCUT2D eigenvalue weighted by Crippen LogP contribution is -2.42. The van der Waals surface area contributed by atoms with Gasteiger partial charge >= 0.3 is 0 Å². The van der Waals surface area contributed by atoms with Gasteiger partial charge in [-0.3, -0.25) is 4.79 Å². The maximum atomic E-state index is 11.9. The zero-order valence-electron chi connectivity index (χ0n) is 13.2. The summed E-state index contributed by atoms with van der Waals surface area (Å²) in [5, 5.41) is 3.60. The van der Waals surface area contributed by atoms with Gasteiger partial charge in [0.1, 0.15) is 5.75 Å². The van der Waals surface area contributed by atoms with Crippen molar-refractivity contribution in [2.24, 2.45) is 11.8 Å². The molecule has 1 aliphatic rings. The van der Waals surface area contributed by atoms with Crippen LogP contribution in [0.5, 0.6) is 5.75 Å². The molecule has 1 amide bonds. The highest BCUT2D eigenvalue weighted by molar-refractivity contribution is 6.30. The second kappa shape index (κ2) is 8.39. The molecule has 1 saturated heterocycles. The molecule has 0 bridgehead atoms. The molecule has 0 unspecified atom stereocenters. The third-order valence-electron chi connectivity index (χ3n) is 3.90. The number of hydrogen-bond donors (Lipinski definition) is 1. The fraction of sp³-hybridized carbons (Fsp3) is 0.588. The zero-order valence-corrected chi connectivity index (χ0v) is 13.9. The molecule has 122 valence electrons. The second-order valence-electron chi connectivity index (χ2n) is 6.03. The molecular formula is C17H24ClNO3. The molecule has 2 atom stereocenters. The van der Waals surface area contributed by atoms with Crippen LogP contribution >= 0.6 is 11.6 Å². The van der Waals surface area contributed by atoms with Crippen LogP contribution in [0, 0.1) is 11.8 Å². The van der Waals surface area contributed by atoms with Gasteiger partial charge in [0.15, 0.2) is 6.61 Å². The summed E-state index contributed by atoms with van der Waals surface area (Å²) in [6.45, 7) is 5.81. The second-order valence-corrected chi connectivity index (χ2v) is 6.46. The van der Waals surface area contributed by atoms with Crippen molar-refractivity contribution in [1.29, 1.82) is 0 Å². The summed E-state index contributed by atoms with van der Waals surface area (Å²) < 4.78 is 11.3. The van der Waals surface area contributed by atoms with Crippen molar-refractivity contribution < 1.29 is 14.3 Å². The predicted octanol–water partition coefficient (Wildman–Crippen LogP) is 3.29. The van der Waals surface area contributed by atoms with Gasteiger partial charge in [0.25, 0.3) is 5.91 Å². The first-order chi connectivity index (χ1) is 10.6. The fourth-order valence-electron chi connectivity index (χ4n) is 2.80. The van der Waals surface area contributed by atoms with E-state index in [1.54, 1.807) is 24.3 Å². The Hall–Kier alpha value is -1.26. The minimum Gasteiger partial charge on any atom is -0.484 e. The highest BCUT2D eigenvalue weighted by Crippen LogP contribution is 2.25. The standard InChI is InChI=1S/C17H24ClNO3/c1-12(2)17-13(4-3-9-21-17)10-19-16(20)11-22-15-7-5-14(18)6-8-15/h5-8,12-13,17H,3-4,9-11H2,1-2H3,(H,19,20)/t13-,17+/m0/s1. The van der Waals surface area contributed by atoms with Crippen LogP contribution in [0.2, 0.25) is 5.02 Å². The summed E-state index contributed by atoms with van der Waals surface area (Å²) in [5.74, 6) is 1.38. The third kappa shape index (κ3) is 5.18. The molecule has 1 aromatic rings. The maximum Gasteiger partial charge on any atom is 0.257 e. The first kappa shape index (κ1) is 17.1. The number of halogens is 1. The topological polar surface area (TPSA) is 47.6 Å². The monoisotopic (exact) mass is 325 g/mol. The summed E-state index contributed by atoms with van der Waals surface area (Å²) >= 11 is 5.80. The van der Waals surface area contributed by atoms with E-state index in [0.29, 0.717) is 29.2 Å². The van der Waals surface area contributed by atoms with Crippen LogP contribution in [0.1, 0.15) is 26.7 Å². The molecular weight excluding hydrogens is 302 g/mol. The fourth-order valence-corrected chi connectivity index (χ4v) is 2.92. The Morgan fingerprint density at radius 1 is 1.41 bits per heavy atom. The summed E-state index contributed by atoms with van der Waals surface area (Å²) in [6, 6.07) is 6.97. The van der Waals surface area contributed by atoms with Crippen molar-refractivity contribution in [2.75, 3.05) is 19.8 Å². The Labute approximate surface area is 137 Å². The van der Waals surface area contributed by atoms with Crippen molar-refractivity contribution in [1.82, 2.24) is 5.32 Å². The lowest BCUT2D eigenvalue weighted by molar-refractivity contribution is -0.124. The summed E-state index contributed by atoms with van der Waals surface area (Å²) in [7, 11) is 0. The minimum atomic E-state index is -0.108. The Balaban J connectivity index is 1.73. The van der Waals surface area contributed by atoms with Gasteiger partial charge in [-0.15, -0.1) is 0 Å². The highest BCUT2D eigenvalue weighted by Gasteiger charge is 2.28. The van der Waals surface area contributed by atoms with E-state index in [2.05, 4.69) is 19.2 Å². The molecule has 1 aromatic carbocycles. The lowest BCUT2D eigenvalue weighted by atomic mass is 9.87. The molecule has 0 radical (unpaired) electrons. The van der Waals surface area contributed by atoms with E-state index in [1.807, 2.05) is 0 Å². The van der Waals surface area contributed by atoms with Crippen molar-refractivity contribution in [2.45, 2.75) is 32.8 Å². The van der Waals surface area contributed by atoms with Gasteiger partial charge in [-0.2, -0.15) is 0 Å². The Bertz CT molecular complexity index is 475. The molecule has 1 aliphatic heterocycles. The molecule has 1 fully saturated rings. The Morgan fingerprint density at radius 3 is 2.82 bits per heavy atom. The molecule has 2 rings (SSSR count). The molecule has 0 spiro atoms. The van der Waals surface area contributed by atoms with Gasteiger partial charge in [-0.05, 0) is 43.0 Å². The Morgan fingerprint density at radius 2 is 2.14 bits per heavy atom. The number of amides is 1. The number of ether oxygens (including phenoxy) is 2. The first-order valence-electron chi connectivity index (χ1n) is 7.83. The molecule has 0 saturated carbocycles. The van der Waals surface area contributed by atoms with Crippen LogP contribution < -0.4 is 10.1 Å². The van der Waals surface area contributed by atoms with Crippen LogP contribution in [-0.2, 0) is 9.53 Å². The Kier molecular flexibility index (Phi) is 6.52. The molecule has 0 aliphatic carbocycles. The minimum absolute atomic E-state index is 0.0154. The van der Waals surface area contributed by atoms with E-state index < -0.39 is 0 Å². The average molecular weight is 326 g/mol. The number of hydrogen-bond acceptors (Lipinski definition) is 3. The first-order valence-corrected chi connectivity index (χ1v) is 8.20. The number of benzene rings is 1. The van der Waals surface area contributed by atoms with Gasteiger partial charge in [0, 0.05) is 24.1 Å². The lowest BCUT2D eigenvalue weighted by Gasteiger charge is -2.34. The van der Waals surface area contributed by atoms with Crippen LogP contribution in [0.4, 0.5) is 0 Å². The number of carbonyl (C=O) groups excluding carboxylic acids is 1. The molecule has 5 heteroatoms. The van der Waals surface area contributed by atoms with Gasteiger partial charge in [0.05, 0.1) is 6.10 Å². The van der Waals surface area contributed by atoms with Crippen molar-refractivity contribution >= 4 is 17.5 Å².